The van der Waals surface area contributed by atoms with Crippen LogP contribution in [0.5, 0.6) is 0 Å². The van der Waals surface area contributed by atoms with Gasteiger partial charge in [-0.3, -0.25) is 28.7 Å². The molecule has 0 spiro atoms. The van der Waals surface area contributed by atoms with Crippen molar-refractivity contribution in [3.8, 4) is 0 Å². The number of thioether (sulfide) groups is 1. The molecule has 2 aliphatic rings. The van der Waals surface area contributed by atoms with Crippen LogP contribution in [0.25, 0.3) is 0 Å². The Morgan fingerprint density at radius 1 is 0.951 bits per heavy atom. The summed E-state index contributed by atoms with van der Waals surface area (Å²) in [5, 5.41) is 1.69. The molecular formula is C28H19F3N4O4S2. The van der Waals surface area contributed by atoms with E-state index in [0.717, 1.165) is 44.7 Å². The average Bonchev–Trinajstić information content (AvgIpc) is 3.39. The number of pyridine rings is 1. The number of alkyl halides is 3. The first-order valence-electron chi connectivity index (χ1n) is 12.3. The van der Waals surface area contributed by atoms with E-state index in [-0.39, 0.29) is 0 Å². The molecule has 6 rings (SSSR count). The zero-order valence-electron chi connectivity index (χ0n) is 20.9. The molecule has 2 aromatic heterocycles. The molecule has 3 unspecified atom stereocenters. The van der Waals surface area contributed by atoms with E-state index in [0.29, 0.717) is 21.2 Å². The van der Waals surface area contributed by atoms with Crippen molar-refractivity contribution < 1.29 is 27.6 Å². The number of nitrogens with zero attached hydrogens (tertiary/aromatic N) is 3. The quantitative estimate of drug-likeness (QED) is 0.334. The van der Waals surface area contributed by atoms with Gasteiger partial charge in [0.25, 0.3) is 0 Å². The Kier molecular flexibility index (Phi) is 6.78. The van der Waals surface area contributed by atoms with Crippen LogP contribution in [-0.4, -0.2) is 32.5 Å². The van der Waals surface area contributed by atoms with Gasteiger partial charge in [0.2, 0.25) is 17.7 Å². The van der Waals surface area contributed by atoms with Crippen LogP contribution in [0.4, 0.5) is 24.5 Å². The predicted molar refractivity (Wildman–Crippen MR) is 147 cm³/mol. The number of anilines is 2. The lowest BCUT2D eigenvalue weighted by molar-refractivity contribution is -0.137. The Morgan fingerprint density at radius 3 is 2.39 bits per heavy atom. The lowest BCUT2D eigenvalue weighted by Crippen LogP contribution is -2.33. The Balaban J connectivity index is 1.39. The second-order valence-corrected chi connectivity index (χ2v) is 11.5. The Labute approximate surface area is 238 Å². The molecule has 2 aliphatic heterocycles. The number of rotatable bonds is 5. The fraction of sp³-hybridized carbons (Fsp3) is 0.179. The van der Waals surface area contributed by atoms with Crippen molar-refractivity contribution in [2.24, 2.45) is 5.92 Å². The molecule has 1 saturated heterocycles. The highest BCUT2D eigenvalue weighted by Gasteiger charge is 2.56. The van der Waals surface area contributed by atoms with Crippen molar-refractivity contribution in [3.05, 3.63) is 105 Å². The maximum absolute atomic E-state index is 13.8. The summed E-state index contributed by atoms with van der Waals surface area (Å²) >= 11 is 1.86. The molecule has 4 heterocycles. The molecule has 208 valence electrons. The number of imide groups is 1. The second-order valence-electron chi connectivity index (χ2n) is 9.39. The summed E-state index contributed by atoms with van der Waals surface area (Å²) in [6, 6.07) is 16.5. The SMILES string of the molecule is O=C(Cn1c2c(sc1=O)C(c1cccnc1)C1C(=O)N(c3ccccc3)C(=O)C1S2)Nc1ccccc1C(F)(F)F. The molecule has 41 heavy (non-hydrogen) atoms. The van der Waals surface area contributed by atoms with E-state index in [4.69, 9.17) is 0 Å². The molecule has 2 aromatic carbocycles. The van der Waals surface area contributed by atoms with Crippen LogP contribution in [0.1, 0.15) is 21.9 Å². The number of carbonyl (C=O) groups is 3. The summed E-state index contributed by atoms with van der Waals surface area (Å²) in [6.45, 7) is -0.578. The van der Waals surface area contributed by atoms with Crippen LogP contribution in [0.15, 0.2) is 88.9 Å². The number of carbonyl (C=O) groups excluding carboxylic acids is 3. The van der Waals surface area contributed by atoms with Crippen LogP contribution in [-0.2, 0) is 27.1 Å². The third-order valence-electron chi connectivity index (χ3n) is 6.92. The second kappa shape index (κ2) is 10.3. The zero-order chi connectivity index (χ0) is 28.9. The molecule has 0 radical (unpaired) electrons. The summed E-state index contributed by atoms with van der Waals surface area (Å²) in [7, 11) is 0. The number of thiazole rings is 1. The molecule has 1 N–H and O–H groups in total. The lowest BCUT2D eigenvalue weighted by Gasteiger charge is -2.30. The van der Waals surface area contributed by atoms with Crippen LogP contribution in [0, 0.1) is 5.92 Å². The van der Waals surface area contributed by atoms with Crippen LogP contribution >= 0.6 is 23.1 Å². The smallest absolute Gasteiger partial charge is 0.324 e. The number of halogens is 3. The van der Waals surface area contributed by atoms with Gasteiger partial charge >= 0.3 is 11.0 Å². The maximum atomic E-state index is 13.8. The average molecular weight is 597 g/mol. The van der Waals surface area contributed by atoms with E-state index >= 15 is 0 Å². The van der Waals surface area contributed by atoms with Crippen LogP contribution < -0.4 is 15.1 Å². The number of para-hydroxylation sites is 2. The number of aromatic nitrogens is 2. The van der Waals surface area contributed by atoms with Gasteiger partial charge in [0.15, 0.2) is 0 Å². The van der Waals surface area contributed by atoms with E-state index in [9.17, 15) is 32.3 Å². The molecule has 13 heteroatoms. The van der Waals surface area contributed by atoms with Crippen molar-refractivity contribution in [2.45, 2.75) is 28.9 Å². The van der Waals surface area contributed by atoms with E-state index < -0.39 is 63.7 Å². The van der Waals surface area contributed by atoms with Crippen LogP contribution in [0.2, 0.25) is 0 Å². The normalized spacial score (nSPS) is 20.1. The maximum Gasteiger partial charge on any atom is 0.418 e. The number of hydrogen-bond acceptors (Lipinski definition) is 7. The fourth-order valence-corrected chi connectivity index (χ4v) is 7.95. The third kappa shape index (κ3) is 4.74. The van der Waals surface area contributed by atoms with Crippen molar-refractivity contribution in [1.29, 1.82) is 0 Å². The van der Waals surface area contributed by atoms with Gasteiger partial charge < -0.3 is 5.32 Å². The number of hydrogen-bond donors (Lipinski definition) is 1. The Morgan fingerprint density at radius 2 is 1.68 bits per heavy atom. The van der Waals surface area contributed by atoms with Gasteiger partial charge in [-0.1, -0.05) is 59.5 Å². The molecule has 0 saturated carbocycles. The molecule has 3 amide bonds. The van der Waals surface area contributed by atoms with E-state index in [1.165, 1.54) is 12.1 Å². The zero-order valence-corrected chi connectivity index (χ0v) is 22.5. The van der Waals surface area contributed by atoms with Crippen molar-refractivity contribution in [3.63, 3.8) is 0 Å². The minimum absolute atomic E-state index is 0.324. The van der Waals surface area contributed by atoms with Gasteiger partial charge in [-0.05, 0) is 35.9 Å². The number of fused-ring (bicyclic) bond motifs is 2. The van der Waals surface area contributed by atoms with Crippen LogP contribution in [0.3, 0.4) is 0 Å². The summed E-state index contributed by atoms with van der Waals surface area (Å²) in [5.74, 6) is -3.23. The minimum Gasteiger partial charge on any atom is -0.324 e. The lowest BCUT2D eigenvalue weighted by atomic mass is 9.84. The Bertz CT molecular complexity index is 1720. The summed E-state index contributed by atoms with van der Waals surface area (Å²) in [4.78, 5) is 58.8. The highest BCUT2D eigenvalue weighted by atomic mass is 32.2. The summed E-state index contributed by atoms with van der Waals surface area (Å²) < 4.78 is 41.5. The van der Waals surface area contributed by atoms with Gasteiger partial charge in [0, 0.05) is 23.2 Å². The standard InChI is InChI=1S/C28H19F3N4O4S2/c29-28(30,31)17-10-4-5-11-18(17)33-19(36)14-34-26-23(41-27(34)39)20(15-7-6-12-32-13-15)21-22(40-26)25(38)35(24(21)37)16-8-2-1-3-9-16/h1-13,20-22H,14H2,(H,33,36). The monoisotopic (exact) mass is 596 g/mol. The summed E-state index contributed by atoms with van der Waals surface area (Å²) in [6.07, 6.45) is -1.56. The topological polar surface area (TPSA) is 101 Å². The molecule has 3 atom stereocenters. The Hall–Kier alpha value is -4.23. The molecule has 8 nitrogen and oxygen atoms in total. The van der Waals surface area contributed by atoms with E-state index in [2.05, 4.69) is 10.3 Å². The number of amides is 3. The largest absolute Gasteiger partial charge is 0.418 e. The van der Waals surface area contributed by atoms with Gasteiger partial charge in [0.1, 0.15) is 11.8 Å². The predicted octanol–water partition coefficient (Wildman–Crippen LogP) is 4.76. The first-order valence-corrected chi connectivity index (χ1v) is 14.0. The molecule has 1 fully saturated rings. The third-order valence-corrected chi connectivity index (χ3v) is 9.52. The van der Waals surface area contributed by atoms with E-state index in [1.54, 1.807) is 54.9 Å². The van der Waals surface area contributed by atoms with Crippen molar-refractivity contribution >= 4 is 52.2 Å². The van der Waals surface area contributed by atoms with Gasteiger partial charge in [-0.25, -0.2) is 4.90 Å². The molecule has 0 bridgehead atoms. The first kappa shape index (κ1) is 27.0. The molecular weight excluding hydrogens is 577 g/mol. The van der Waals surface area contributed by atoms with E-state index in [1.807, 2.05) is 0 Å². The highest BCUT2D eigenvalue weighted by molar-refractivity contribution is 8.00. The molecule has 4 aromatic rings. The summed E-state index contributed by atoms with van der Waals surface area (Å²) in [5.41, 5.74) is -0.404. The number of nitrogens with one attached hydrogen (secondary N) is 1. The van der Waals surface area contributed by atoms with Crippen molar-refractivity contribution in [1.82, 2.24) is 9.55 Å². The van der Waals surface area contributed by atoms with Gasteiger partial charge in [-0.2, -0.15) is 13.2 Å². The van der Waals surface area contributed by atoms with Crippen molar-refractivity contribution in [2.75, 3.05) is 10.2 Å². The van der Waals surface area contributed by atoms with Gasteiger partial charge in [0.05, 0.1) is 27.9 Å². The number of benzene rings is 2. The minimum atomic E-state index is -4.69. The highest BCUT2D eigenvalue weighted by Crippen LogP contribution is 2.53. The fourth-order valence-electron chi connectivity index (χ4n) is 5.18. The first-order chi connectivity index (χ1) is 19.6. The molecule has 0 aliphatic carbocycles. The van der Waals surface area contributed by atoms with Gasteiger partial charge in [-0.15, -0.1) is 0 Å².